The summed E-state index contributed by atoms with van der Waals surface area (Å²) in [5.74, 6) is -1.01. The Labute approximate surface area is 170 Å². The zero-order valence-electron chi connectivity index (χ0n) is 15.5. The Morgan fingerprint density at radius 3 is 2.59 bits per heavy atom. The van der Waals surface area contributed by atoms with Gasteiger partial charge < -0.3 is 9.47 Å². The van der Waals surface area contributed by atoms with E-state index >= 15 is 0 Å². The number of rotatable bonds is 7. The van der Waals surface area contributed by atoms with Crippen molar-refractivity contribution in [3.8, 4) is 17.0 Å². The molecule has 1 heterocycles. The fraction of sp³-hybridized carbons (Fsp3) is 0.0909. The average Bonchev–Trinajstić information content (AvgIpc) is 3.22. The number of thiazole rings is 1. The number of carbonyl (C=O) groups is 1. The molecule has 0 fully saturated rings. The monoisotopic (exact) mass is 413 g/mol. The molecule has 0 saturated heterocycles. The van der Waals surface area contributed by atoms with Gasteiger partial charge in [-0.05, 0) is 49.4 Å². The van der Waals surface area contributed by atoms with Gasteiger partial charge in [0.1, 0.15) is 18.2 Å². The van der Waals surface area contributed by atoms with Gasteiger partial charge in [-0.1, -0.05) is 18.2 Å². The highest BCUT2D eigenvalue weighted by Crippen LogP contribution is 2.26. The molecule has 148 valence electrons. The predicted octanol–water partition coefficient (Wildman–Crippen LogP) is 5.79. The predicted molar refractivity (Wildman–Crippen MR) is 108 cm³/mol. The van der Waals surface area contributed by atoms with Crippen LogP contribution in [0.2, 0.25) is 0 Å². The van der Waals surface area contributed by atoms with Crippen LogP contribution in [0.4, 0.5) is 8.78 Å². The summed E-state index contributed by atoms with van der Waals surface area (Å²) in [5, 5.41) is 1.89. The molecule has 29 heavy (non-hydrogen) atoms. The molecule has 2 aromatic carbocycles. The van der Waals surface area contributed by atoms with Gasteiger partial charge in [-0.15, -0.1) is 11.3 Å². The number of esters is 1. The number of para-hydroxylation sites is 1. The highest BCUT2D eigenvalue weighted by molar-refractivity contribution is 7.11. The van der Waals surface area contributed by atoms with Crippen LogP contribution in [0.1, 0.15) is 11.9 Å². The molecule has 0 radical (unpaired) electrons. The van der Waals surface area contributed by atoms with Gasteiger partial charge >= 0.3 is 5.97 Å². The highest BCUT2D eigenvalue weighted by atomic mass is 32.1. The molecule has 4 nitrogen and oxygen atoms in total. The van der Waals surface area contributed by atoms with Gasteiger partial charge in [-0.25, -0.2) is 18.6 Å². The maximum Gasteiger partial charge on any atom is 0.342 e. The van der Waals surface area contributed by atoms with Gasteiger partial charge in [-0.2, -0.15) is 0 Å². The second-order valence-corrected chi connectivity index (χ2v) is 6.79. The topological polar surface area (TPSA) is 48.4 Å². The van der Waals surface area contributed by atoms with Crippen molar-refractivity contribution in [1.82, 2.24) is 4.98 Å². The molecule has 0 aliphatic carbocycles. The maximum absolute atomic E-state index is 14.3. The molecule has 0 aliphatic heterocycles. The van der Waals surface area contributed by atoms with E-state index in [4.69, 9.17) is 9.47 Å². The largest absolute Gasteiger partial charge is 0.496 e. The number of benzene rings is 2. The van der Waals surface area contributed by atoms with E-state index in [1.807, 2.05) is 6.07 Å². The Balaban J connectivity index is 1.54. The van der Waals surface area contributed by atoms with Crippen molar-refractivity contribution >= 4 is 23.1 Å². The number of hydrogen-bond donors (Lipinski definition) is 0. The van der Waals surface area contributed by atoms with Crippen LogP contribution in [-0.2, 0) is 9.53 Å². The smallest absolute Gasteiger partial charge is 0.342 e. The SMILES string of the molecule is C/C(=C\OC/C=C(\F)c1nc(-c2ccc(F)cc2)cs1)C(=O)Oc1ccccc1. The zero-order valence-corrected chi connectivity index (χ0v) is 16.3. The quantitative estimate of drug-likeness (QED) is 0.162. The van der Waals surface area contributed by atoms with Gasteiger partial charge in [0, 0.05) is 10.9 Å². The van der Waals surface area contributed by atoms with Crippen molar-refractivity contribution in [2.24, 2.45) is 0 Å². The minimum Gasteiger partial charge on any atom is -0.496 e. The summed E-state index contributed by atoms with van der Waals surface area (Å²) in [6.45, 7) is 1.47. The Kier molecular flexibility index (Phi) is 6.86. The molecule has 0 bridgehead atoms. The molecular weight excluding hydrogens is 396 g/mol. The van der Waals surface area contributed by atoms with E-state index in [2.05, 4.69) is 4.98 Å². The lowest BCUT2D eigenvalue weighted by molar-refractivity contribution is -0.130. The van der Waals surface area contributed by atoms with Crippen LogP contribution < -0.4 is 4.74 Å². The number of nitrogens with zero attached hydrogens (tertiary/aromatic N) is 1. The molecule has 3 aromatic rings. The van der Waals surface area contributed by atoms with Crippen molar-refractivity contribution < 1.29 is 23.0 Å². The fourth-order valence-corrected chi connectivity index (χ4v) is 3.00. The third-order valence-electron chi connectivity index (χ3n) is 3.74. The van der Waals surface area contributed by atoms with E-state index in [9.17, 15) is 13.6 Å². The molecule has 0 atom stereocenters. The van der Waals surface area contributed by atoms with Crippen molar-refractivity contribution in [2.75, 3.05) is 6.61 Å². The second-order valence-electron chi connectivity index (χ2n) is 5.93. The molecule has 1 aromatic heterocycles. The standard InChI is InChI=1S/C22H17F2NO3S/c1-15(22(26)28-18-5-3-2-4-6-18)13-27-12-11-19(24)21-25-20(14-29-21)16-7-9-17(23)10-8-16/h2-11,13-14H,12H2,1H3/b15-13+,19-11-. The first-order chi connectivity index (χ1) is 14.0. The van der Waals surface area contributed by atoms with Crippen molar-refractivity contribution in [3.63, 3.8) is 0 Å². The summed E-state index contributed by atoms with van der Waals surface area (Å²) in [5.41, 5.74) is 1.51. The first-order valence-corrected chi connectivity index (χ1v) is 9.54. The maximum atomic E-state index is 14.3. The molecule has 0 amide bonds. The Hall–Kier alpha value is -3.32. The van der Waals surface area contributed by atoms with Gasteiger partial charge in [0.2, 0.25) is 0 Å². The summed E-state index contributed by atoms with van der Waals surface area (Å²) >= 11 is 1.13. The molecular formula is C22H17F2NO3S. The number of aromatic nitrogens is 1. The van der Waals surface area contributed by atoms with Gasteiger partial charge in [0.05, 0.1) is 17.5 Å². The van der Waals surface area contributed by atoms with E-state index in [0.29, 0.717) is 17.0 Å². The minimum absolute atomic E-state index is 0.0761. The second kappa shape index (κ2) is 9.75. The van der Waals surface area contributed by atoms with Crippen LogP contribution in [0.3, 0.4) is 0 Å². The lowest BCUT2D eigenvalue weighted by Crippen LogP contribution is -2.09. The lowest BCUT2D eigenvalue weighted by atomic mass is 10.2. The first-order valence-electron chi connectivity index (χ1n) is 8.66. The Morgan fingerprint density at radius 2 is 1.86 bits per heavy atom. The summed E-state index contributed by atoms with van der Waals surface area (Å²) < 4.78 is 37.6. The van der Waals surface area contributed by atoms with Crippen molar-refractivity contribution in [3.05, 3.63) is 88.7 Å². The average molecular weight is 413 g/mol. The summed E-state index contributed by atoms with van der Waals surface area (Å²) in [6.07, 6.45) is 2.44. The zero-order chi connectivity index (χ0) is 20.6. The van der Waals surface area contributed by atoms with E-state index in [0.717, 1.165) is 11.3 Å². The van der Waals surface area contributed by atoms with E-state index in [1.165, 1.54) is 24.5 Å². The van der Waals surface area contributed by atoms with Gasteiger partial charge in [-0.3, -0.25) is 0 Å². The fourth-order valence-electron chi connectivity index (χ4n) is 2.24. The van der Waals surface area contributed by atoms with E-state index in [1.54, 1.807) is 48.7 Å². The van der Waals surface area contributed by atoms with Crippen molar-refractivity contribution in [1.29, 1.82) is 0 Å². The summed E-state index contributed by atoms with van der Waals surface area (Å²) in [7, 11) is 0. The third kappa shape index (κ3) is 5.83. The Bertz CT molecular complexity index is 1030. The van der Waals surface area contributed by atoms with E-state index < -0.39 is 11.8 Å². The molecule has 0 saturated carbocycles. The molecule has 3 rings (SSSR count). The summed E-state index contributed by atoms with van der Waals surface area (Å²) in [4.78, 5) is 16.1. The van der Waals surface area contributed by atoms with Crippen LogP contribution in [0.25, 0.3) is 17.1 Å². The first kappa shape index (κ1) is 20.4. The van der Waals surface area contributed by atoms with Crippen LogP contribution in [0.15, 0.2) is 77.9 Å². The van der Waals surface area contributed by atoms with Crippen LogP contribution in [0.5, 0.6) is 5.75 Å². The summed E-state index contributed by atoms with van der Waals surface area (Å²) in [6, 6.07) is 14.5. The molecule has 0 unspecified atom stereocenters. The lowest BCUT2D eigenvalue weighted by Gasteiger charge is -2.04. The Morgan fingerprint density at radius 1 is 1.14 bits per heavy atom. The molecule has 0 aliphatic rings. The third-order valence-corrected chi connectivity index (χ3v) is 4.59. The molecule has 0 spiro atoms. The van der Waals surface area contributed by atoms with Gasteiger partial charge in [0.25, 0.3) is 0 Å². The number of halogens is 2. The molecule has 7 heteroatoms. The van der Waals surface area contributed by atoms with Crippen LogP contribution in [-0.4, -0.2) is 17.6 Å². The number of ether oxygens (including phenoxy) is 2. The number of hydrogen-bond acceptors (Lipinski definition) is 5. The minimum atomic E-state index is -0.551. The van der Waals surface area contributed by atoms with Crippen LogP contribution in [0, 0.1) is 5.82 Å². The van der Waals surface area contributed by atoms with E-state index in [-0.39, 0.29) is 23.0 Å². The molecule has 0 N–H and O–H groups in total. The normalized spacial score (nSPS) is 12.0. The van der Waals surface area contributed by atoms with Gasteiger partial charge in [0.15, 0.2) is 10.8 Å². The highest BCUT2D eigenvalue weighted by Gasteiger charge is 2.10. The number of carbonyl (C=O) groups excluding carboxylic acids is 1. The van der Waals surface area contributed by atoms with Crippen LogP contribution >= 0.6 is 11.3 Å². The van der Waals surface area contributed by atoms with Crippen molar-refractivity contribution in [2.45, 2.75) is 6.92 Å².